The number of hydrogen-bond acceptors (Lipinski definition) is 2. The maximum atomic E-state index is 13.4. The number of rotatable bonds is 0. The molecular formula is C16H15FN2. The first-order chi connectivity index (χ1) is 9.06. The lowest BCUT2D eigenvalue weighted by Gasteiger charge is -2.21. The Morgan fingerprint density at radius 1 is 1.00 bits per heavy atom. The molecule has 96 valence electrons. The molecule has 0 radical (unpaired) electrons. The zero-order chi connectivity index (χ0) is 13.6. The minimum Gasteiger partial charge on any atom is -0.342 e. The molecular weight excluding hydrogens is 239 g/mol. The van der Waals surface area contributed by atoms with E-state index >= 15 is 0 Å². The van der Waals surface area contributed by atoms with E-state index in [0.29, 0.717) is 5.69 Å². The first kappa shape index (κ1) is 11.9. The van der Waals surface area contributed by atoms with Crippen LogP contribution in [-0.2, 0) is 0 Å². The van der Waals surface area contributed by atoms with Gasteiger partial charge in [-0.15, -0.1) is 0 Å². The molecule has 1 aliphatic heterocycles. The number of fused-ring (bicyclic) bond motifs is 2. The first-order valence-corrected chi connectivity index (χ1v) is 6.26. The quantitative estimate of drug-likeness (QED) is 0.682. The second-order valence-corrected chi connectivity index (χ2v) is 4.91. The van der Waals surface area contributed by atoms with Gasteiger partial charge in [0.2, 0.25) is 0 Å². The highest BCUT2D eigenvalue weighted by atomic mass is 19.1. The van der Waals surface area contributed by atoms with Gasteiger partial charge in [0.05, 0.1) is 17.1 Å². The number of aryl methyl sites for hydroxylation is 1. The lowest BCUT2D eigenvalue weighted by molar-refractivity contribution is 0.628. The molecule has 0 spiro atoms. The van der Waals surface area contributed by atoms with Gasteiger partial charge in [-0.2, -0.15) is 0 Å². The highest BCUT2D eigenvalue weighted by molar-refractivity contribution is 6.08. The molecule has 3 rings (SSSR count). The minimum atomic E-state index is -0.258. The van der Waals surface area contributed by atoms with E-state index in [1.165, 1.54) is 17.7 Å². The molecule has 0 bridgehead atoms. The van der Waals surface area contributed by atoms with Crippen LogP contribution in [0.2, 0.25) is 0 Å². The van der Waals surface area contributed by atoms with Crippen molar-refractivity contribution in [3.63, 3.8) is 0 Å². The van der Waals surface area contributed by atoms with Gasteiger partial charge in [0.1, 0.15) is 5.82 Å². The molecule has 0 atom stereocenters. The number of hydrogen-bond donors (Lipinski definition) is 0. The molecule has 0 aliphatic carbocycles. The molecule has 2 nitrogen and oxygen atoms in total. The molecule has 1 heterocycles. The lowest BCUT2D eigenvalue weighted by Crippen LogP contribution is -2.11. The lowest BCUT2D eigenvalue weighted by atomic mass is 10.1. The molecule has 0 saturated heterocycles. The van der Waals surface area contributed by atoms with Crippen molar-refractivity contribution in [1.29, 1.82) is 0 Å². The van der Waals surface area contributed by atoms with Gasteiger partial charge in [-0.05, 0) is 38.1 Å². The van der Waals surface area contributed by atoms with E-state index in [-0.39, 0.29) is 5.82 Å². The number of halogens is 1. The molecule has 0 unspecified atom stereocenters. The van der Waals surface area contributed by atoms with Crippen molar-refractivity contribution in [1.82, 2.24) is 0 Å². The summed E-state index contributed by atoms with van der Waals surface area (Å²) in [7, 11) is 1.99. The van der Waals surface area contributed by atoms with Crippen molar-refractivity contribution < 1.29 is 4.39 Å². The van der Waals surface area contributed by atoms with E-state index in [2.05, 4.69) is 35.0 Å². The van der Waals surface area contributed by atoms with Crippen LogP contribution >= 0.6 is 0 Å². The van der Waals surface area contributed by atoms with Gasteiger partial charge in [0.25, 0.3) is 0 Å². The largest absolute Gasteiger partial charge is 0.342 e. The third-order valence-corrected chi connectivity index (χ3v) is 3.49. The summed E-state index contributed by atoms with van der Waals surface area (Å²) in [6.45, 7) is 4.03. The van der Waals surface area contributed by atoms with Gasteiger partial charge in [0, 0.05) is 24.4 Å². The molecule has 19 heavy (non-hydrogen) atoms. The molecule has 1 aliphatic rings. The van der Waals surface area contributed by atoms with Crippen LogP contribution in [0.1, 0.15) is 18.1 Å². The summed E-state index contributed by atoms with van der Waals surface area (Å²) < 4.78 is 13.4. The Kier molecular flexibility index (Phi) is 2.63. The summed E-state index contributed by atoms with van der Waals surface area (Å²) in [6, 6.07) is 11.0. The van der Waals surface area contributed by atoms with Gasteiger partial charge in [-0.1, -0.05) is 11.6 Å². The summed E-state index contributed by atoms with van der Waals surface area (Å²) in [6.07, 6.45) is 0. The van der Waals surface area contributed by atoms with Gasteiger partial charge >= 0.3 is 0 Å². The molecule has 3 heteroatoms. The van der Waals surface area contributed by atoms with Crippen molar-refractivity contribution in [2.24, 2.45) is 4.99 Å². The predicted molar refractivity (Wildman–Crippen MR) is 77.5 cm³/mol. The van der Waals surface area contributed by atoms with Gasteiger partial charge in [0.15, 0.2) is 0 Å². The van der Waals surface area contributed by atoms with Crippen molar-refractivity contribution in [3.05, 3.63) is 53.3 Å². The van der Waals surface area contributed by atoms with Crippen LogP contribution in [0.25, 0.3) is 0 Å². The number of anilines is 2. The van der Waals surface area contributed by atoms with Crippen LogP contribution in [0.3, 0.4) is 0 Å². The highest BCUT2D eigenvalue weighted by Gasteiger charge is 2.18. The zero-order valence-electron chi connectivity index (χ0n) is 11.2. The Morgan fingerprint density at radius 3 is 2.53 bits per heavy atom. The first-order valence-electron chi connectivity index (χ1n) is 6.26. The molecule has 0 saturated carbocycles. The van der Waals surface area contributed by atoms with Crippen molar-refractivity contribution in [3.8, 4) is 0 Å². The average Bonchev–Trinajstić information content (AvgIpc) is 2.46. The Morgan fingerprint density at radius 2 is 1.74 bits per heavy atom. The number of aliphatic imine (C=N–C) groups is 1. The summed E-state index contributed by atoms with van der Waals surface area (Å²) >= 11 is 0. The van der Waals surface area contributed by atoms with Gasteiger partial charge < -0.3 is 4.90 Å². The molecule has 0 N–H and O–H groups in total. The summed E-state index contributed by atoms with van der Waals surface area (Å²) in [5.74, 6) is -0.258. The van der Waals surface area contributed by atoms with Crippen LogP contribution < -0.4 is 4.90 Å². The Labute approximate surface area is 112 Å². The number of benzene rings is 2. The van der Waals surface area contributed by atoms with Gasteiger partial charge in [-0.25, -0.2) is 4.39 Å². The Bertz CT molecular complexity index is 689. The van der Waals surface area contributed by atoms with E-state index < -0.39 is 0 Å². The van der Waals surface area contributed by atoms with E-state index in [1.54, 1.807) is 6.07 Å². The van der Waals surface area contributed by atoms with E-state index in [1.807, 2.05) is 14.0 Å². The number of nitrogens with zero attached hydrogens (tertiary/aromatic N) is 2. The molecule has 0 amide bonds. The smallest absolute Gasteiger partial charge is 0.125 e. The third kappa shape index (κ3) is 1.91. The monoisotopic (exact) mass is 254 g/mol. The maximum Gasteiger partial charge on any atom is 0.125 e. The highest BCUT2D eigenvalue weighted by Crippen LogP contribution is 2.38. The normalized spacial score (nSPS) is 13.5. The standard InChI is InChI=1S/C16H15FN2/c1-10-4-6-15-13(8-10)11(2)18-14-9-12(17)5-7-16(14)19(15)3/h4-9H,1-3H3. The van der Waals surface area contributed by atoms with E-state index in [4.69, 9.17) is 0 Å². The fourth-order valence-corrected chi connectivity index (χ4v) is 2.47. The average molecular weight is 254 g/mol. The molecule has 2 aromatic carbocycles. The molecule has 2 aromatic rings. The maximum absolute atomic E-state index is 13.4. The van der Waals surface area contributed by atoms with Crippen LogP contribution in [0, 0.1) is 12.7 Å². The van der Waals surface area contributed by atoms with Crippen molar-refractivity contribution in [2.75, 3.05) is 11.9 Å². The van der Waals surface area contributed by atoms with Crippen LogP contribution in [0.4, 0.5) is 21.5 Å². The van der Waals surface area contributed by atoms with Crippen LogP contribution in [0.15, 0.2) is 41.4 Å². The van der Waals surface area contributed by atoms with Crippen LogP contribution in [-0.4, -0.2) is 12.8 Å². The molecule has 0 aromatic heterocycles. The van der Waals surface area contributed by atoms with E-state index in [9.17, 15) is 4.39 Å². The van der Waals surface area contributed by atoms with Crippen molar-refractivity contribution >= 4 is 22.8 Å². The second-order valence-electron chi connectivity index (χ2n) is 4.91. The van der Waals surface area contributed by atoms with Crippen molar-refractivity contribution in [2.45, 2.75) is 13.8 Å². The summed E-state index contributed by atoms with van der Waals surface area (Å²) in [5.41, 5.74) is 5.89. The summed E-state index contributed by atoms with van der Waals surface area (Å²) in [5, 5.41) is 0. The SMILES string of the molecule is CC1=Nc2cc(F)ccc2N(C)c2ccc(C)cc21. The fraction of sp³-hybridized carbons (Fsp3) is 0.188. The predicted octanol–water partition coefficient (Wildman–Crippen LogP) is 4.36. The Balaban J connectivity index is 2.30. The minimum absolute atomic E-state index is 0.258. The second kappa shape index (κ2) is 4.19. The zero-order valence-corrected chi connectivity index (χ0v) is 11.2. The topological polar surface area (TPSA) is 15.6 Å². The Hall–Kier alpha value is -2.16. The third-order valence-electron chi connectivity index (χ3n) is 3.49. The molecule has 0 fully saturated rings. The van der Waals surface area contributed by atoms with E-state index in [0.717, 1.165) is 22.6 Å². The van der Waals surface area contributed by atoms with Gasteiger partial charge in [-0.3, -0.25) is 4.99 Å². The van der Waals surface area contributed by atoms with Crippen LogP contribution in [0.5, 0.6) is 0 Å². The summed E-state index contributed by atoms with van der Waals surface area (Å²) in [4.78, 5) is 6.63. The fourth-order valence-electron chi connectivity index (χ4n) is 2.47.